The Hall–Kier alpha value is -0.210. The number of likely N-dealkylation sites (N-methyl/N-ethyl adjacent to an activating group) is 1. The van der Waals surface area contributed by atoms with E-state index in [1.807, 2.05) is 7.05 Å². The van der Waals surface area contributed by atoms with Gasteiger partial charge < -0.3 is 10.2 Å². The zero-order valence-electron chi connectivity index (χ0n) is 12.6. The molecule has 7 heteroatoms. The zero-order valence-corrected chi connectivity index (χ0v) is 13.4. The molecular formula is C12H28N4O2S. The molecule has 0 saturated carbocycles. The van der Waals surface area contributed by atoms with Crippen molar-refractivity contribution in [2.75, 3.05) is 53.9 Å². The third kappa shape index (κ3) is 4.39. The Morgan fingerprint density at radius 1 is 1.37 bits per heavy atom. The topological polar surface area (TPSA) is 55.9 Å². The Morgan fingerprint density at radius 3 is 2.63 bits per heavy atom. The van der Waals surface area contributed by atoms with Gasteiger partial charge in [-0.3, -0.25) is 0 Å². The quantitative estimate of drug-likeness (QED) is 0.660. The second-order valence-corrected chi connectivity index (χ2v) is 7.22. The highest BCUT2D eigenvalue weighted by atomic mass is 32.2. The molecule has 1 atom stereocenters. The lowest BCUT2D eigenvalue weighted by atomic mass is 10.1. The maximum absolute atomic E-state index is 12.5. The van der Waals surface area contributed by atoms with Crippen LogP contribution < -0.4 is 5.32 Å². The van der Waals surface area contributed by atoms with E-state index in [0.717, 1.165) is 25.9 Å². The van der Waals surface area contributed by atoms with Gasteiger partial charge in [-0.15, -0.1) is 0 Å². The molecule has 1 N–H and O–H groups in total. The van der Waals surface area contributed by atoms with Gasteiger partial charge >= 0.3 is 0 Å². The fraction of sp³-hybridized carbons (Fsp3) is 1.00. The van der Waals surface area contributed by atoms with E-state index in [4.69, 9.17) is 0 Å². The van der Waals surface area contributed by atoms with E-state index in [9.17, 15) is 8.42 Å². The third-order valence-corrected chi connectivity index (χ3v) is 5.79. The van der Waals surface area contributed by atoms with Crippen molar-refractivity contribution in [1.82, 2.24) is 18.8 Å². The summed E-state index contributed by atoms with van der Waals surface area (Å²) in [7, 11) is 2.31. The molecule has 1 heterocycles. The lowest BCUT2D eigenvalue weighted by Crippen LogP contribution is -2.55. The largest absolute Gasteiger partial charge is 0.320 e. The molecule has 1 saturated heterocycles. The standard InChI is InChI=1S/C12H28N4O2S/c1-5-12-11-16(10-9-14(12)3)19(17,18)15(4)8-6-7-13-2/h12-13H,5-11H2,1-4H3. The average Bonchev–Trinajstić information content (AvgIpc) is 2.39. The van der Waals surface area contributed by atoms with Crippen LogP contribution >= 0.6 is 0 Å². The van der Waals surface area contributed by atoms with E-state index in [1.165, 1.54) is 4.31 Å². The lowest BCUT2D eigenvalue weighted by Gasteiger charge is -2.39. The fourth-order valence-corrected chi connectivity index (χ4v) is 3.79. The summed E-state index contributed by atoms with van der Waals surface area (Å²) in [6.45, 7) is 5.50. The van der Waals surface area contributed by atoms with Crippen molar-refractivity contribution in [2.45, 2.75) is 25.8 Å². The number of piperazine rings is 1. The van der Waals surface area contributed by atoms with Crippen LogP contribution in [0.3, 0.4) is 0 Å². The monoisotopic (exact) mass is 292 g/mol. The highest BCUT2D eigenvalue weighted by molar-refractivity contribution is 7.86. The van der Waals surface area contributed by atoms with Crippen LogP contribution in [0.4, 0.5) is 0 Å². The molecule has 0 aromatic carbocycles. The van der Waals surface area contributed by atoms with Gasteiger partial charge in [0.1, 0.15) is 0 Å². The molecule has 114 valence electrons. The number of nitrogens with zero attached hydrogens (tertiary/aromatic N) is 3. The lowest BCUT2D eigenvalue weighted by molar-refractivity contribution is 0.139. The summed E-state index contributed by atoms with van der Waals surface area (Å²) < 4.78 is 28.0. The molecule has 0 radical (unpaired) electrons. The first kappa shape index (κ1) is 16.8. The minimum atomic E-state index is -3.30. The molecule has 1 unspecified atom stereocenters. The summed E-state index contributed by atoms with van der Waals surface area (Å²) in [4.78, 5) is 2.24. The van der Waals surface area contributed by atoms with Crippen LogP contribution in [0, 0.1) is 0 Å². The molecule has 1 fully saturated rings. The van der Waals surface area contributed by atoms with Crippen molar-refractivity contribution in [3.63, 3.8) is 0 Å². The molecule has 0 aromatic heterocycles. The third-order valence-electron chi connectivity index (χ3n) is 3.83. The molecule has 0 bridgehead atoms. The summed E-state index contributed by atoms with van der Waals surface area (Å²) in [5.41, 5.74) is 0. The molecule has 0 spiro atoms. The molecule has 1 aliphatic rings. The first-order chi connectivity index (χ1) is 8.93. The molecule has 1 rings (SSSR count). The van der Waals surface area contributed by atoms with Crippen LogP contribution in [0.25, 0.3) is 0 Å². The molecular weight excluding hydrogens is 264 g/mol. The predicted molar refractivity (Wildman–Crippen MR) is 78.4 cm³/mol. The molecule has 19 heavy (non-hydrogen) atoms. The van der Waals surface area contributed by atoms with Gasteiger partial charge in [0.25, 0.3) is 10.2 Å². The number of hydrogen-bond donors (Lipinski definition) is 1. The first-order valence-corrected chi connectivity index (χ1v) is 8.39. The van der Waals surface area contributed by atoms with Gasteiger partial charge in [0.15, 0.2) is 0 Å². The Morgan fingerprint density at radius 2 is 2.05 bits per heavy atom. The van der Waals surface area contributed by atoms with Crippen LogP contribution in [0.5, 0.6) is 0 Å². The average molecular weight is 292 g/mol. The van der Waals surface area contributed by atoms with Crippen molar-refractivity contribution in [3.8, 4) is 0 Å². The SMILES string of the molecule is CCC1CN(S(=O)(=O)N(C)CCCNC)CCN1C. The minimum Gasteiger partial charge on any atom is -0.320 e. The van der Waals surface area contributed by atoms with Gasteiger partial charge in [-0.1, -0.05) is 6.92 Å². The van der Waals surface area contributed by atoms with Crippen LogP contribution in [0.15, 0.2) is 0 Å². The van der Waals surface area contributed by atoms with Crippen molar-refractivity contribution >= 4 is 10.2 Å². The van der Waals surface area contributed by atoms with Crippen molar-refractivity contribution in [1.29, 1.82) is 0 Å². The Balaban J connectivity index is 2.61. The fourth-order valence-electron chi connectivity index (χ4n) is 2.36. The van der Waals surface area contributed by atoms with Gasteiger partial charge in [-0.2, -0.15) is 17.0 Å². The maximum atomic E-state index is 12.5. The van der Waals surface area contributed by atoms with Gasteiger partial charge in [0, 0.05) is 39.3 Å². The summed E-state index contributed by atoms with van der Waals surface area (Å²) in [6, 6.07) is 0.328. The highest BCUT2D eigenvalue weighted by Gasteiger charge is 2.33. The van der Waals surface area contributed by atoms with Gasteiger partial charge in [0.2, 0.25) is 0 Å². The second kappa shape index (κ2) is 7.54. The molecule has 1 aliphatic heterocycles. The Labute approximate surface area is 117 Å². The second-order valence-electron chi connectivity index (χ2n) is 5.19. The van der Waals surface area contributed by atoms with Crippen molar-refractivity contribution < 1.29 is 8.42 Å². The van der Waals surface area contributed by atoms with Gasteiger partial charge in [0.05, 0.1) is 0 Å². The molecule has 0 aromatic rings. The normalized spacial score (nSPS) is 23.1. The van der Waals surface area contributed by atoms with Crippen LogP contribution in [-0.2, 0) is 10.2 Å². The highest BCUT2D eigenvalue weighted by Crippen LogP contribution is 2.16. The van der Waals surface area contributed by atoms with Gasteiger partial charge in [-0.25, -0.2) is 0 Å². The van der Waals surface area contributed by atoms with E-state index in [2.05, 4.69) is 24.2 Å². The van der Waals surface area contributed by atoms with E-state index in [-0.39, 0.29) is 0 Å². The predicted octanol–water partition coefficient (Wildman–Crippen LogP) is -0.201. The van der Waals surface area contributed by atoms with Crippen molar-refractivity contribution in [3.05, 3.63) is 0 Å². The number of rotatable bonds is 7. The first-order valence-electron chi connectivity index (χ1n) is 6.99. The summed E-state index contributed by atoms with van der Waals surface area (Å²) in [5, 5.41) is 3.03. The zero-order chi connectivity index (χ0) is 14.5. The smallest absolute Gasteiger partial charge is 0.281 e. The number of hydrogen-bond acceptors (Lipinski definition) is 4. The van der Waals surface area contributed by atoms with E-state index >= 15 is 0 Å². The van der Waals surface area contributed by atoms with E-state index < -0.39 is 10.2 Å². The summed E-state index contributed by atoms with van der Waals surface area (Å²) in [5.74, 6) is 0. The maximum Gasteiger partial charge on any atom is 0.281 e. The summed E-state index contributed by atoms with van der Waals surface area (Å²) in [6.07, 6.45) is 1.81. The van der Waals surface area contributed by atoms with Crippen molar-refractivity contribution in [2.24, 2.45) is 0 Å². The molecule has 0 aliphatic carbocycles. The summed E-state index contributed by atoms with van der Waals surface area (Å²) >= 11 is 0. The Bertz CT molecular complexity index is 361. The Kier molecular flexibility index (Phi) is 6.68. The minimum absolute atomic E-state index is 0.328. The molecule has 6 nitrogen and oxygen atoms in total. The van der Waals surface area contributed by atoms with Crippen LogP contribution in [-0.4, -0.2) is 81.8 Å². The molecule has 0 amide bonds. The van der Waals surface area contributed by atoms with Gasteiger partial charge in [-0.05, 0) is 33.5 Å². The van der Waals surface area contributed by atoms with Crippen LogP contribution in [0.2, 0.25) is 0 Å². The van der Waals surface area contributed by atoms with E-state index in [0.29, 0.717) is 25.7 Å². The van der Waals surface area contributed by atoms with E-state index in [1.54, 1.807) is 11.4 Å². The number of nitrogens with one attached hydrogen (secondary N) is 1. The van der Waals surface area contributed by atoms with Crippen LogP contribution in [0.1, 0.15) is 19.8 Å².